The maximum atomic E-state index is 11.9. The average Bonchev–Trinajstić information content (AvgIpc) is 2.80. The van der Waals surface area contributed by atoms with Crippen LogP contribution in [0.15, 0.2) is 78.0 Å². The zero-order valence-electron chi connectivity index (χ0n) is 17.1. The molecule has 0 saturated carbocycles. The van der Waals surface area contributed by atoms with Gasteiger partial charge in [0.1, 0.15) is 6.61 Å². The molecule has 0 radical (unpaired) electrons. The van der Waals surface area contributed by atoms with Crippen molar-refractivity contribution in [2.24, 2.45) is 5.16 Å². The molecule has 0 saturated heterocycles. The van der Waals surface area contributed by atoms with E-state index in [-0.39, 0.29) is 12.5 Å². The molecule has 3 aromatic carbocycles. The lowest BCUT2D eigenvalue weighted by molar-refractivity contribution is -0.125. The van der Waals surface area contributed by atoms with E-state index in [1.54, 1.807) is 31.4 Å². The molecule has 6 nitrogen and oxygen atoms in total. The molecule has 1 N–H and O–H groups in total. The molecule has 0 aliphatic rings. The van der Waals surface area contributed by atoms with Gasteiger partial charge in [-0.2, -0.15) is 0 Å². The van der Waals surface area contributed by atoms with E-state index in [2.05, 4.69) is 10.5 Å². The highest BCUT2D eigenvalue weighted by molar-refractivity contribution is 6.30. The van der Waals surface area contributed by atoms with Crippen LogP contribution < -0.4 is 14.8 Å². The van der Waals surface area contributed by atoms with E-state index in [1.807, 2.05) is 48.5 Å². The lowest BCUT2D eigenvalue weighted by atomic mass is 10.2. The molecule has 3 rings (SSSR count). The van der Waals surface area contributed by atoms with Crippen molar-refractivity contribution in [2.45, 2.75) is 13.2 Å². The highest BCUT2D eigenvalue weighted by atomic mass is 35.5. The summed E-state index contributed by atoms with van der Waals surface area (Å²) in [5.74, 6) is 0.934. The van der Waals surface area contributed by atoms with E-state index in [4.69, 9.17) is 25.9 Å². The van der Waals surface area contributed by atoms with Crippen LogP contribution >= 0.6 is 11.6 Å². The van der Waals surface area contributed by atoms with Gasteiger partial charge in [-0.15, -0.1) is 0 Å². The Balaban J connectivity index is 1.46. The SMILES string of the molecule is COc1cc(/C=N/OCC(=O)NCc2cccc(Cl)c2)ccc1OCc1ccccc1. The third kappa shape index (κ3) is 7.35. The Morgan fingerprint density at radius 3 is 2.58 bits per heavy atom. The number of benzene rings is 3. The number of ether oxygens (including phenoxy) is 2. The van der Waals surface area contributed by atoms with Crippen LogP contribution in [-0.2, 0) is 22.8 Å². The van der Waals surface area contributed by atoms with Gasteiger partial charge in [-0.25, -0.2) is 0 Å². The van der Waals surface area contributed by atoms with Crippen molar-refractivity contribution < 1.29 is 19.1 Å². The highest BCUT2D eigenvalue weighted by Crippen LogP contribution is 2.28. The number of carbonyl (C=O) groups excluding carboxylic acids is 1. The summed E-state index contributed by atoms with van der Waals surface area (Å²) < 4.78 is 11.2. The van der Waals surface area contributed by atoms with Gasteiger partial charge in [0.25, 0.3) is 5.91 Å². The van der Waals surface area contributed by atoms with Gasteiger partial charge in [0, 0.05) is 17.1 Å². The van der Waals surface area contributed by atoms with E-state index in [0.717, 1.165) is 16.7 Å². The molecule has 160 valence electrons. The summed E-state index contributed by atoms with van der Waals surface area (Å²) >= 11 is 5.92. The predicted octanol–water partition coefficient (Wildman–Crippen LogP) is 4.59. The third-order valence-electron chi connectivity index (χ3n) is 4.28. The van der Waals surface area contributed by atoms with Crippen LogP contribution in [0.2, 0.25) is 5.02 Å². The molecular formula is C24H23ClN2O4. The first-order chi connectivity index (χ1) is 15.1. The summed E-state index contributed by atoms with van der Waals surface area (Å²) in [6.07, 6.45) is 1.51. The molecule has 7 heteroatoms. The lowest BCUT2D eigenvalue weighted by Crippen LogP contribution is -2.26. The molecule has 3 aromatic rings. The normalized spacial score (nSPS) is 10.6. The number of oxime groups is 1. The van der Waals surface area contributed by atoms with E-state index < -0.39 is 0 Å². The quantitative estimate of drug-likeness (QED) is 0.371. The molecule has 31 heavy (non-hydrogen) atoms. The zero-order chi connectivity index (χ0) is 21.9. The number of nitrogens with zero attached hydrogens (tertiary/aromatic N) is 1. The maximum absolute atomic E-state index is 11.9. The van der Waals surface area contributed by atoms with Gasteiger partial charge in [-0.05, 0) is 41.5 Å². The summed E-state index contributed by atoms with van der Waals surface area (Å²) in [6, 6.07) is 22.6. The molecule has 0 aromatic heterocycles. The number of rotatable bonds is 10. The number of nitrogens with one attached hydrogen (secondary N) is 1. The fraction of sp³-hybridized carbons (Fsp3) is 0.167. The van der Waals surface area contributed by atoms with E-state index in [1.165, 1.54) is 6.21 Å². The summed E-state index contributed by atoms with van der Waals surface area (Å²) in [5.41, 5.74) is 2.73. The third-order valence-corrected chi connectivity index (χ3v) is 4.51. The molecule has 1 amide bonds. The number of hydrogen-bond acceptors (Lipinski definition) is 5. The fourth-order valence-electron chi connectivity index (χ4n) is 2.71. The van der Waals surface area contributed by atoms with Crippen molar-refractivity contribution >= 4 is 23.7 Å². The summed E-state index contributed by atoms with van der Waals surface area (Å²) in [6.45, 7) is 0.624. The van der Waals surface area contributed by atoms with Crippen LogP contribution in [0, 0.1) is 0 Å². The standard InChI is InChI=1S/C24H23ClN2O4/c1-29-23-13-20(10-11-22(23)30-16-18-6-3-2-4-7-18)15-27-31-17-24(28)26-14-19-8-5-9-21(25)12-19/h2-13,15H,14,16-17H2,1H3,(H,26,28)/b27-15+. The van der Waals surface area contributed by atoms with Crippen LogP contribution in [0.3, 0.4) is 0 Å². The van der Waals surface area contributed by atoms with Crippen LogP contribution in [0.1, 0.15) is 16.7 Å². The first-order valence-corrected chi connectivity index (χ1v) is 10.0. The van der Waals surface area contributed by atoms with Crippen molar-refractivity contribution in [2.75, 3.05) is 13.7 Å². The summed E-state index contributed by atoms with van der Waals surface area (Å²) in [7, 11) is 1.58. The van der Waals surface area contributed by atoms with Gasteiger partial charge in [-0.3, -0.25) is 4.79 Å². The average molecular weight is 439 g/mol. The molecule has 0 spiro atoms. The van der Waals surface area contributed by atoms with Gasteiger partial charge < -0.3 is 19.6 Å². The van der Waals surface area contributed by atoms with Gasteiger partial charge in [-0.1, -0.05) is 59.2 Å². The minimum atomic E-state index is -0.278. The predicted molar refractivity (Wildman–Crippen MR) is 121 cm³/mol. The Morgan fingerprint density at radius 1 is 1.00 bits per heavy atom. The second-order valence-electron chi connectivity index (χ2n) is 6.60. The number of methoxy groups -OCH3 is 1. The number of amides is 1. The zero-order valence-corrected chi connectivity index (χ0v) is 17.8. The van der Waals surface area contributed by atoms with Crippen LogP contribution in [0.25, 0.3) is 0 Å². The largest absolute Gasteiger partial charge is 0.493 e. The van der Waals surface area contributed by atoms with Crippen molar-refractivity contribution in [3.63, 3.8) is 0 Å². The summed E-state index contributed by atoms with van der Waals surface area (Å²) in [5, 5.41) is 7.22. The molecular weight excluding hydrogens is 416 g/mol. The van der Waals surface area contributed by atoms with Gasteiger partial charge in [0.2, 0.25) is 0 Å². The number of halogens is 1. The Labute approximate surface area is 186 Å². The topological polar surface area (TPSA) is 69.2 Å². The molecule has 0 heterocycles. The van der Waals surface area contributed by atoms with E-state index in [9.17, 15) is 4.79 Å². The Hall–Kier alpha value is -3.51. The monoisotopic (exact) mass is 438 g/mol. The minimum Gasteiger partial charge on any atom is -0.493 e. The maximum Gasteiger partial charge on any atom is 0.261 e. The van der Waals surface area contributed by atoms with Crippen LogP contribution in [0.4, 0.5) is 0 Å². The second kappa shape index (κ2) is 11.6. The van der Waals surface area contributed by atoms with Gasteiger partial charge in [0.05, 0.1) is 13.3 Å². The molecule has 0 atom stereocenters. The van der Waals surface area contributed by atoms with Gasteiger partial charge >= 0.3 is 0 Å². The molecule has 0 unspecified atom stereocenters. The van der Waals surface area contributed by atoms with Crippen molar-refractivity contribution in [1.29, 1.82) is 0 Å². The molecule has 0 bridgehead atoms. The van der Waals surface area contributed by atoms with E-state index in [0.29, 0.717) is 29.7 Å². The Morgan fingerprint density at radius 2 is 1.81 bits per heavy atom. The smallest absolute Gasteiger partial charge is 0.261 e. The minimum absolute atomic E-state index is 0.188. The first-order valence-electron chi connectivity index (χ1n) is 9.65. The fourth-order valence-corrected chi connectivity index (χ4v) is 2.92. The Kier molecular flexibility index (Phi) is 8.31. The van der Waals surface area contributed by atoms with Crippen LogP contribution in [-0.4, -0.2) is 25.8 Å². The van der Waals surface area contributed by atoms with E-state index >= 15 is 0 Å². The van der Waals surface area contributed by atoms with Crippen molar-refractivity contribution in [3.05, 3.63) is 94.5 Å². The first kappa shape index (κ1) is 22.2. The second-order valence-corrected chi connectivity index (χ2v) is 7.04. The Bertz CT molecular complexity index is 1030. The highest BCUT2D eigenvalue weighted by Gasteiger charge is 2.06. The van der Waals surface area contributed by atoms with Crippen molar-refractivity contribution in [3.8, 4) is 11.5 Å². The molecule has 0 aliphatic heterocycles. The van der Waals surface area contributed by atoms with Gasteiger partial charge in [0.15, 0.2) is 18.1 Å². The summed E-state index contributed by atoms with van der Waals surface area (Å²) in [4.78, 5) is 16.9. The van der Waals surface area contributed by atoms with Crippen molar-refractivity contribution in [1.82, 2.24) is 5.32 Å². The molecule has 0 aliphatic carbocycles. The van der Waals surface area contributed by atoms with Crippen LogP contribution in [0.5, 0.6) is 11.5 Å². The number of carbonyl (C=O) groups is 1. The lowest BCUT2D eigenvalue weighted by Gasteiger charge is -2.11. The molecule has 0 fully saturated rings. The number of hydrogen-bond donors (Lipinski definition) is 1.